The van der Waals surface area contributed by atoms with Gasteiger partial charge in [0.2, 0.25) is 5.91 Å². The molecule has 5 rings (SSSR count). The van der Waals surface area contributed by atoms with Crippen molar-refractivity contribution in [3.63, 3.8) is 0 Å². The highest BCUT2D eigenvalue weighted by molar-refractivity contribution is 5.73. The Bertz CT molecular complexity index is 1560. The number of unbranched alkanes of at least 4 members (excludes halogenated alkanes) is 2. The van der Waals surface area contributed by atoms with Gasteiger partial charge in [-0.3, -0.25) is 4.79 Å². The van der Waals surface area contributed by atoms with Gasteiger partial charge in [0.25, 0.3) is 0 Å². The van der Waals surface area contributed by atoms with E-state index in [1.54, 1.807) is 0 Å². The fraction of sp³-hybridized carbons (Fsp3) is 0.973. The SMILES string of the molecule is CC(=O)N[C@H]1C(O[C@@H]2OC(CO)[C@H](O)C(O)[C@@H]2O)[C@@H](O)C(CO)O[C@H]1O[C@@H]1C(O)[C@@H](O[C@H]2C(CO)O[C@@H](O[C@@H]3C(CN=[N+]=[N-])O[C@@H](OCCCCCN)[C@@H](O)C3O)[C@@H](O)C2O)OC(CO)[C@@H]1O. The van der Waals surface area contributed by atoms with Gasteiger partial charge >= 0.3 is 0 Å². The molecule has 5 aliphatic heterocycles. The molecule has 30 heteroatoms. The number of azide groups is 1. The number of aliphatic hydroxyl groups excluding tert-OH is 14. The predicted octanol–water partition coefficient (Wildman–Crippen LogP) is -9.31. The number of hydrogen-bond acceptors (Lipinski definition) is 27. The Hall–Kier alpha value is -2.22. The highest BCUT2D eigenvalue weighted by atomic mass is 16.8. The molecular weight excluding hydrogens is 914 g/mol. The molecule has 0 spiro atoms. The van der Waals surface area contributed by atoms with Crippen LogP contribution in [-0.2, 0) is 52.2 Å². The first kappa shape index (κ1) is 55.7. The summed E-state index contributed by atoms with van der Waals surface area (Å²) in [6, 6.07) is -1.68. The number of ether oxygens (including phenoxy) is 10. The summed E-state index contributed by atoms with van der Waals surface area (Å²) >= 11 is 0. The van der Waals surface area contributed by atoms with Gasteiger partial charge in [0.1, 0.15) is 116 Å². The zero-order valence-corrected chi connectivity index (χ0v) is 36.2. The van der Waals surface area contributed by atoms with Crippen molar-refractivity contribution in [2.24, 2.45) is 10.8 Å². The molecule has 17 N–H and O–H groups in total. The summed E-state index contributed by atoms with van der Waals surface area (Å²) < 4.78 is 57.2. The minimum atomic E-state index is -2.16. The Morgan fingerprint density at radius 3 is 1.54 bits per heavy atom. The number of rotatable bonds is 21. The molecule has 0 aromatic rings. The molecule has 25 atom stereocenters. The van der Waals surface area contributed by atoms with Gasteiger partial charge in [0.05, 0.1) is 39.1 Å². The van der Waals surface area contributed by atoms with Gasteiger partial charge in [-0.1, -0.05) is 5.11 Å². The van der Waals surface area contributed by atoms with E-state index in [0.717, 1.165) is 13.3 Å². The van der Waals surface area contributed by atoms with Crippen LogP contribution in [0.4, 0.5) is 0 Å². The van der Waals surface area contributed by atoms with Crippen molar-refractivity contribution in [2.75, 3.05) is 46.1 Å². The number of carbonyl (C=O) groups excluding carboxylic acids is 1. The van der Waals surface area contributed by atoms with E-state index in [0.29, 0.717) is 19.4 Å². The van der Waals surface area contributed by atoms with Crippen LogP contribution in [0.25, 0.3) is 10.4 Å². The molecule has 5 fully saturated rings. The summed E-state index contributed by atoms with van der Waals surface area (Å²) in [5.74, 6) is -0.806. The molecule has 5 heterocycles. The van der Waals surface area contributed by atoms with E-state index in [9.17, 15) is 76.3 Å². The fourth-order valence-corrected chi connectivity index (χ4v) is 8.29. The van der Waals surface area contributed by atoms with E-state index < -0.39 is 192 Å². The summed E-state index contributed by atoms with van der Waals surface area (Å²) in [5, 5.41) is 156. The average molecular weight is 980 g/mol. The smallest absolute Gasteiger partial charge is 0.217 e. The van der Waals surface area contributed by atoms with Crippen LogP contribution in [0.5, 0.6) is 0 Å². The normalized spacial score (nSPS) is 46.1. The standard InChI is InChI=1S/C37H65N5O25/c1-12(47)41-18-31(66-35-25(54)22(51)19(48)14(8-43)61-35)20(49)15(9-44)60-33(18)67-32-21(50)16(10-45)62-37(28(32)57)65-30-17(11-46)63-36(27(56)24(30)53)64-29-13(7-40-42-39)59-34(26(55)23(29)52)58-6-4-2-3-5-38/h13-37,43-46,48-57H,2-11,38H2,1H3,(H,41,47)/t13?,14?,15?,16?,17?,18-,19-,20-,21-,22?,23?,24?,25-,26-,27-,28?,29+,30-,31?,32-,33-,34+,35-,36-,37+/m0/s1. The lowest BCUT2D eigenvalue weighted by Crippen LogP contribution is -2.70. The minimum absolute atomic E-state index is 0.110. The van der Waals surface area contributed by atoms with Crippen molar-refractivity contribution < 1.29 is 124 Å². The average Bonchev–Trinajstić information content (AvgIpc) is 3.31. The van der Waals surface area contributed by atoms with Gasteiger partial charge in [-0.2, -0.15) is 0 Å². The van der Waals surface area contributed by atoms with E-state index in [-0.39, 0.29) is 6.61 Å². The van der Waals surface area contributed by atoms with Crippen LogP contribution in [0.2, 0.25) is 0 Å². The summed E-state index contributed by atoms with van der Waals surface area (Å²) in [5.41, 5.74) is 14.5. The number of amides is 1. The molecule has 67 heavy (non-hydrogen) atoms. The highest BCUT2D eigenvalue weighted by Crippen LogP contribution is 2.36. The van der Waals surface area contributed by atoms with Gasteiger partial charge in [-0.15, -0.1) is 0 Å². The maximum Gasteiger partial charge on any atom is 0.217 e. The predicted molar refractivity (Wildman–Crippen MR) is 212 cm³/mol. The highest BCUT2D eigenvalue weighted by Gasteiger charge is 2.57. The van der Waals surface area contributed by atoms with Gasteiger partial charge in [-0.05, 0) is 31.3 Å². The Balaban J connectivity index is 1.32. The molecule has 0 bridgehead atoms. The molecule has 0 radical (unpaired) electrons. The Morgan fingerprint density at radius 1 is 0.537 bits per heavy atom. The molecule has 1 amide bonds. The van der Waals surface area contributed by atoms with E-state index in [2.05, 4.69) is 15.3 Å². The molecular formula is C37H65N5O25. The van der Waals surface area contributed by atoms with Crippen molar-refractivity contribution in [1.82, 2.24) is 5.32 Å². The Morgan fingerprint density at radius 2 is 0.985 bits per heavy atom. The van der Waals surface area contributed by atoms with Crippen LogP contribution in [-0.4, -0.2) is 277 Å². The number of carbonyl (C=O) groups is 1. The van der Waals surface area contributed by atoms with Gasteiger partial charge < -0.3 is 130 Å². The van der Waals surface area contributed by atoms with Crippen LogP contribution < -0.4 is 11.1 Å². The van der Waals surface area contributed by atoms with Crippen LogP contribution in [0.1, 0.15) is 26.2 Å². The number of aliphatic hydroxyl groups is 14. The number of nitrogens with zero attached hydrogens (tertiary/aromatic N) is 3. The topological polar surface area (TPSA) is 479 Å². The molecule has 0 saturated carbocycles. The first-order valence-corrected chi connectivity index (χ1v) is 21.7. The second-order valence-electron chi connectivity index (χ2n) is 16.6. The van der Waals surface area contributed by atoms with Gasteiger partial charge in [-0.25, -0.2) is 0 Å². The number of nitrogens with two attached hydrogens (primary N) is 1. The van der Waals surface area contributed by atoms with Crippen LogP contribution >= 0.6 is 0 Å². The van der Waals surface area contributed by atoms with Crippen LogP contribution in [0.15, 0.2) is 5.11 Å². The van der Waals surface area contributed by atoms with Crippen LogP contribution in [0, 0.1) is 0 Å². The van der Waals surface area contributed by atoms with Crippen molar-refractivity contribution in [3.05, 3.63) is 10.4 Å². The van der Waals surface area contributed by atoms with E-state index >= 15 is 0 Å². The van der Waals surface area contributed by atoms with Crippen LogP contribution in [0.3, 0.4) is 0 Å². The zero-order chi connectivity index (χ0) is 49.3. The van der Waals surface area contributed by atoms with Gasteiger partial charge in [0.15, 0.2) is 31.5 Å². The molecule has 388 valence electrons. The lowest BCUT2D eigenvalue weighted by Gasteiger charge is -2.50. The lowest BCUT2D eigenvalue weighted by molar-refractivity contribution is -0.388. The zero-order valence-electron chi connectivity index (χ0n) is 36.2. The largest absolute Gasteiger partial charge is 0.394 e. The third-order valence-corrected chi connectivity index (χ3v) is 12.0. The summed E-state index contributed by atoms with van der Waals surface area (Å²) in [6.45, 7) is -2.63. The number of nitrogens with one attached hydrogen (secondary N) is 1. The lowest BCUT2D eigenvalue weighted by atomic mass is 9.94. The first-order chi connectivity index (χ1) is 32.0. The molecule has 30 nitrogen and oxygen atoms in total. The number of hydrogen-bond donors (Lipinski definition) is 16. The van der Waals surface area contributed by atoms with E-state index in [1.807, 2.05) is 0 Å². The maximum atomic E-state index is 12.5. The molecule has 5 saturated heterocycles. The molecule has 10 unspecified atom stereocenters. The first-order valence-electron chi connectivity index (χ1n) is 21.7. The second-order valence-corrected chi connectivity index (χ2v) is 16.6. The quantitative estimate of drug-likeness (QED) is 0.0220. The third kappa shape index (κ3) is 13.0. The Kier molecular flexibility index (Phi) is 21.4. The van der Waals surface area contributed by atoms with Crippen molar-refractivity contribution in [1.29, 1.82) is 0 Å². The summed E-state index contributed by atoms with van der Waals surface area (Å²) in [4.78, 5) is 15.2. The monoisotopic (exact) mass is 979 g/mol. The minimum Gasteiger partial charge on any atom is -0.394 e. The van der Waals surface area contributed by atoms with Crippen molar-refractivity contribution >= 4 is 5.91 Å². The fourth-order valence-electron chi connectivity index (χ4n) is 8.29. The van der Waals surface area contributed by atoms with Crippen molar-refractivity contribution in [3.8, 4) is 0 Å². The molecule has 5 aliphatic rings. The summed E-state index contributed by atoms with van der Waals surface area (Å²) in [6.07, 6.45) is -41.5. The molecule has 0 aromatic carbocycles. The second kappa shape index (κ2) is 25.8. The van der Waals surface area contributed by atoms with Crippen molar-refractivity contribution in [2.45, 2.75) is 180 Å². The Labute approximate surface area is 381 Å². The molecule has 0 aromatic heterocycles. The van der Waals surface area contributed by atoms with E-state index in [1.165, 1.54) is 0 Å². The van der Waals surface area contributed by atoms with E-state index in [4.69, 9.17) is 58.6 Å². The maximum absolute atomic E-state index is 12.5. The third-order valence-electron chi connectivity index (χ3n) is 12.0. The molecule has 0 aliphatic carbocycles. The summed E-state index contributed by atoms with van der Waals surface area (Å²) in [7, 11) is 0. The van der Waals surface area contributed by atoms with Gasteiger partial charge in [0, 0.05) is 18.4 Å².